The Morgan fingerprint density at radius 3 is 2.48 bits per heavy atom. The number of carbonyl (C=O) groups is 1. The van der Waals surface area contributed by atoms with Crippen LogP contribution in [0.3, 0.4) is 0 Å². The van der Waals surface area contributed by atoms with E-state index in [1.807, 2.05) is 75.6 Å². The summed E-state index contributed by atoms with van der Waals surface area (Å²) in [7, 11) is 0. The zero-order valence-electron chi connectivity index (χ0n) is 18.5. The molecule has 0 aliphatic heterocycles. The lowest BCUT2D eigenvalue weighted by atomic mass is 10.1. The Labute approximate surface area is 192 Å². The Morgan fingerprint density at radius 1 is 1.13 bits per heavy atom. The maximum atomic E-state index is 12.8. The van der Waals surface area contributed by atoms with Crippen LogP contribution in [0.2, 0.25) is 5.02 Å². The van der Waals surface area contributed by atoms with Gasteiger partial charge in [-0.2, -0.15) is 0 Å². The number of anilines is 2. The molecule has 0 aliphatic rings. The number of amides is 1. The van der Waals surface area contributed by atoms with Crippen molar-refractivity contribution in [2.45, 2.75) is 58.1 Å². The Balaban J connectivity index is 1.66. The molecule has 164 valence electrons. The molecular formula is C23H28ClN5OS. The summed E-state index contributed by atoms with van der Waals surface area (Å²) in [6.45, 7) is 11.1. The molecule has 2 aromatic carbocycles. The van der Waals surface area contributed by atoms with Crippen molar-refractivity contribution in [3.63, 3.8) is 0 Å². The van der Waals surface area contributed by atoms with Crippen LogP contribution in [0.4, 0.5) is 11.4 Å². The maximum absolute atomic E-state index is 12.8. The summed E-state index contributed by atoms with van der Waals surface area (Å²) in [6, 6.07) is 11.8. The number of aromatic nitrogens is 3. The van der Waals surface area contributed by atoms with Crippen LogP contribution in [0.15, 0.2) is 41.6 Å². The topological polar surface area (TPSA) is 71.8 Å². The molecule has 31 heavy (non-hydrogen) atoms. The van der Waals surface area contributed by atoms with E-state index >= 15 is 0 Å². The number of hydrogen-bond donors (Lipinski definition) is 2. The van der Waals surface area contributed by atoms with E-state index in [1.54, 1.807) is 0 Å². The van der Waals surface area contributed by atoms with Gasteiger partial charge in [0.05, 0.1) is 11.8 Å². The van der Waals surface area contributed by atoms with Crippen molar-refractivity contribution >= 4 is 40.6 Å². The van der Waals surface area contributed by atoms with Gasteiger partial charge in [0.25, 0.3) is 0 Å². The minimum atomic E-state index is -0.315. The standard InChI is InChI=1S/C23H28ClN5OS/c1-6-29-20(13-25-18-11-10-14(2)19(24)12-18)27-28-23(29)31-17(5)22(30)26-21-15(3)8-7-9-16(21)4/h7-12,17,25H,6,13H2,1-5H3,(H,26,30)/t17-/m1/s1. The molecule has 0 bridgehead atoms. The molecule has 1 amide bonds. The number of thioether (sulfide) groups is 1. The second kappa shape index (κ2) is 10.2. The predicted molar refractivity (Wildman–Crippen MR) is 129 cm³/mol. The molecular weight excluding hydrogens is 430 g/mol. The quantitative estimate of drug-likeness (QED) is 0.430. The molecule has 3 rings (SSSR count). The molecule has 8 heteroatoms. The molecule has 0 aliphatic carbocycles. The van der Waals surface area contributed by atoms with E-state index in [-0.39, 0.29) is 11.2 Å². The van der Waals surface area contributed by atoms with Gasteiger partial charge in [0, 0.05) is 22.9 Å². The first-order valence-corrected chi connectivity index (χ1v) is 11.5. The van der Waals surface area contributed by atoms with Crippen LogP contribution >= 0.6 is 23.4 Å². The van der Waals surface area contributed by atoms with E-state index in [1.165, 1.54) is 11.8 Å². The summed E-state index contributed by atoms with van der Waals surface area (Å²) >= 11 is 7.62. The molecule has 1 atom stereocenters. The zero-order valence-corrected chi connectivity index (χ0v) is 20.1. The fourth-order valence-electron chi connectivity index (χ4n) is 3.19. The smallest absolute Gasteiger partial charge is 0.237 e. The van der Waals surface area contributed by atoms with E-state index < -0.39 is 0 Å². The lowest BCUT2D eigenvalue weighted by molar-refractivity contribution is -0.115. The average Bonchev–Trinajstić information content (AvgIpc) is 3.12. The Kier molecular flexibility index (Phi) is 7.62. The molecule has 6 nitrogen and oxygen atoms in total. The number of carbonyl (C=O) groups excluding carboxylic acids is 1. The van der Waals surface area contributed by atoms with Gasteiger partial charge in [-0.3, -0.25) is 4.79 Å². The monoisotopic (exact) mass is 457 g/mol. The van der Waals surface area contributed by atoms with Crippen LogP contribution in [0.25, 0.3) is 0 Å². The second-order valence-corrected chi connectivity index (χ2v) is 9.19. The van der Waals surface area contributed by atoms with E-state index in [9.17, 15) is 4.79 Å². The largest absolute Gasteiger partial charge is 0.378 e. The van der Waals surface area contributed by atoms with Gasteiger partial charge in [0.15, 0.2) is 11.0 Å². The van der Waals surface area contributed by atoms with Crippen LogP contribution in [0.1, 0.15) is 36.4 Å². The number of para-hydroxylation sites is 1. The molecule has 0 radical (unpaired) electrons. The molecule has 3 aromatic rings. The highest BCUT2D eigenvalue weighted by molar-refractivity contribution is 8.00. The number of hydrogen-bond acceptors (Lipinski definition) is 5. The van der Waals surface area contributed by atoms with E-state index in [0.717, 1.165) is 44.1 Å². The van der Waals surface area contributed by atoms with Crippen molar-refractivity contribution in [2.24, 2.45) is 0 Å². The highest BCUT2D eigenvalue weighted by Gasteiger charge is 2.20. The minimum Gasteiger partial charge on any atom is -0.378 e. The Hall–Kier alpha value is -2.51. The molecule has 1 aromatic heterocycles. The number of aryl methyl sites for hydroxylation is 3. The third kappa shape index (κ3) is 5.60. The molecule has 0 saturated heterocycles. The van der Waals surface area contributed by atoms with Gasteiger partial charge in [0.2, 0.25) is 5.91 Å². The zero-order chi connectivity index (χ0) is 22.5. The minimum absolute atomic E-state index is 0.0537. The van der Waals surface area contributed by atoms with Crippen LogP contribution < -0.4 is 10.6 Å². The van der Waals surface area contributed by atoms with E-state index in [2.05, 4.69) is 20.8 Å². The highest BCUT2D eigenvalue weighted by Crippen LogP contribution is 2.26. The molecule has 0 spiro atoms. The molecule has 0 saturated carbocycles. The van der Waals surface area contributed by atoms with Gasteiger partial charge in [-0.15, -0.1) is 10.2 Å². The fourth-order valence-corrected chi connectivity index (χ4v) is 4.30. The summed E-state index contributed by atoms with van der Waals surface area (Å²) in [5.74, 6) is 0.756. The van der Waals surface area contributed by atoms with Crippen molar-refractivity contribution in [3.8, 4) is 0 Å². The Bertz CT molecular complexity index is 1060. The average molecular weight is 458 g/mol. The van der Waals surface area contributed by atoms with Crippen LogP contribution in [0, 0.1) is 20.8 Å². The normalized spacial score (nSPS) is 11.9. The van der Waals surface area contributed by atoms with Crippen molar-refractivity contribution in [2.75, 3.05) is 10.6 Å². The summed E-state index contributed by atoms with van der Waals surface area (Å²) in [5, 5.41) is 16.2. The van der Waals surface area contributed by atoms with Crippen molar-refractivity contribution in [3.05, 3.63) is 63.9 Å². The second-order valence-electron chi connectivity index (χ2n) is 7.48. The van der Waals surface area contributed by atoms with Gasteiger partial charge in [-0.05, 0) is 63.4 Å². The van der Waals surface area contributed by atoms with Gasteiger partial charge >= 0.3 is 0 Å². The third-order valence-electron chi connectivity index (χ3n) is 5.11. The summed E-state index contributed by atoms with van der Waals surface area (Å²) in [4.78, 5) is 12.8. The highest BCUT2D eigenvalue weighted by atomic mass is 35.5. The number of nitrogens with one attached hydrogen (secondary N) is 2. The maximum Gasteiger partial charge on any atom is 0.237 e. The lowest BCUT2D eigenvalue weighted by Gasteiger charge is -2.15. The molecule has 0 fully saturated rings. The van der Waals surface area contributed by atoms with Crippen molar-refractivity contribution in [1.82, 2.24) is 14.8 Å². The molecule has 2 N–H and O–H groups in total. The number of benzene rings is 2. The van der Waals surface area contributed by atoms with Crippen molar-refractivity contribution in [1.29, 1.82) is 0 Å². The fraction of sp³-hybridized carbons (Fsp3) is 0.348. The molecule has 1 heterocycles. The summed E-state index contributed by atoms with van der Waals surface area (Å²) in [5.41, 5.74) is 4.94. The van der Waals surface area contributed by atoms with Crippen LogP contribution in [-0.4, -0.2) is 25.9 Å². The lowest BCUT2D eigenvalue weighted by Crippen LogP contribution is -2.24. The summed E-state index contributed by atoms with van der Waals surface area (Å²) < 4.78 is 2.02. The van der Waals surface area contributed by atoms with E-state index in [0.29, 0.717) is 13.1 Å². The van der Waals surface area contributed by atoms with Gasteiger partial charge < -0.3 is 15.2 Å². The van der Waals surface area contributed by atoms with Gasteiger partial charge in [-0.25, -0.2) is 0 Å². The first kappa shape index (κ1) is 23.2. The Morgan fingerprint density at radius 2 is 1.84 bits per heavy atom. The van der Waals surface area contributed by atoms with Gasteiger partial charge in [0.1, 0.15) is 0 Å². The first-order valence-electron chi connectivity index (χ1n) is 10.3. The molecule has 0 unspecified atom stereocenters. The van der Waals surface area contributed by atoms with Gasteiger partial charge in [-0.1, -0.05) is 47.6 Å². The van der Waals surface area contributed by atoms with Crippen molar-refractivity contribution < 1.29 is 4.79 Å². The SMILES string of the molecule is CCn1c(CNc2ccc(C)c(Cl)c2)nnc1S[C@H](C)C(=O)Nc1c(C)cccc1C. The summed E-state index contributed by atoms with van der Waals surface area (Å²) in [6.07, 6.45) is 0. The van der Waals surface area contributed by atoms with Crippen LogP contribution in [0.5, 0.6) is 0 Å². The number of rotatable bonds is 8. The van der Waals surface area contributed by atoms with Crippen LogP contribution in [-0.2, 0) is 17.9 Å². The van der Waals surface area contributed by atoms with E-state index in [4.69, 9.17) is 11.6 Å². The number of halogens is 1. The third-order valence-corrected chi connectivity index (χ3v) is 6.60. The number of nitrogens with zero attached hydrogens (tertiary/aromatic N) is 3. The first-order chi connectivity index (χ1) is 14.8. The predicted octanol–water partition coefficient (Wildman–Crippen LogP) is 5.61.